The van der Waals surface area contributed by atoms with Gasteiger partial charge in [0, 0.05) is 26.2 Å². The van der Waals surface area contributed by atoms with Crippen LogP contribution >= 0.6 is 35.2 Å². The van der Waals surface area contributed by atoms with Crippen LogP contribution < -0.4 is 10.6 Å². The predicted molar refractivity (Wildman–Crippen MR) is 116 cm³/mol. The number of nitrogens with zero attached hydrogens (tertiary/aromatic N) is 2. The molecule has 0 aliphatic heterocycles. The molecule has 1 aromatic heterocycles. The van der Waals surface area contributed by atoms with Crippen LogP contribution in [-0.2, 0) is 4.74 Å². The van der Waals surface area contributed by atoms with Crippen LogP contribution in [0.25, 0.3) is 0 Å². The average Bonchev–Trinajstić information content (AvgIpc) is 2.97. The Hall–Kier alpha value is -2.76. The normalized spacial score (nSPS) is 10.2. The van der Waals surface area contributed by atoms with Crippen LogP contribution in [0.15, 0.2) is 18.2 Å². The van der Waals surface area contributed by atoms with Crippen LogP contribution in [0.4, 0.5) is 16.4 Å². The first-order chi connectivity index (χ1) is 13.6. The number of halogens is 1. The highest BCUT2D eigenvalue weighted by Gasteiger charge is 2.26. The number of thiophene rings is 1. The van der Waals surface area contributed by atoms with Crippen LogP contribution in [0.3, 0.4) is 0 Å². The molecule has 0 fully saturated rings. The Morgan fingerprint density at radius 1 is 1.31 bits per heavy atom. The number of non-ortho nitro benzene ring substituents is 1. The number of nitrogens with one attached hydrogen (secondary N) is 2. The summed E-state index contributed by atoms with van der Waals surface area (Å²) in [4.78, 5) is 36.8. The van der Waals surface area contributed by atoms with Crippen molar-refractivity contribution in [1.82, 2.24) is 4.90 Å². The van der Waals surface area contributed by atoms with Gasteiger partial charge in [0.25, 0.3) is 11.6 Å². The summed E-state index contributed by atoms with van der Waals surface area (Å²) >= 11 is 12.4. The number of nitro benzene ring substituents is 1. The van der Waals surface area contributed by atoms with Gasteiger partial charge in [0.1, 0.15) is 5.00 Å². The number of nitro groups is 1. The molecule has 9 nitrogen and oxygen atoms in total. The number of ether oxygens (including phenoxy) is 1. The number of rotatable bonds is 5. The molecular weight excluding hydrogens is 440 g/mol. The van der Waals surface area contributed by atoms with Crippen molar-refractivity contribution in [2.24, 2.45) is 0 Å². The van der Waals surface area contributed by atoms with E-state index in [1.54, 1.807) is 21.0 Å². The number of hydrogen-bond donors (Lipinski definition) is 2. The monoisotopic (exact) mass is 456 g/mol. The van der Waals surface area contributed by atoms with Gasteiger partial charge in [-0.3, -0.25) is 14.9 Å². The minimum atomic E-state index is -0.629. The van der Waals surface area contributed by atoms with Gasteiger partial charge >= 0.3 is 5.97 Å². The third kappa shape index (κ3) is 5.00. The summed E-state index contributed by atoms with van der Waals surface area (Å²) in [6.45, 7) is 1.64. The molecule has 0 bridgehead atoms. The molecule has 0 saturated heterocycles. The Balaban J connectivity index is 2.36. The van der Waals surface area contributed by atoms with Crippen molar-refractivity contribution in [1.29, 1.82) is 0 Å². The van der Waals surface area contributed by atoms with Crippen LogP contribution in [0.1, 0.15) is 25.6 Å². The molecule has 2 aromatic rings. The summed E-state index contributed by atoms with van der Waals surface area (Å²) in [5.41, 5.74) is 0.688. The molecular formula is C17H17ClN4O5S2. The van der Waals surface area contributed by atoms with E-state index in [2.05, 4.69) is 10.6 Å². The zero-order chi connectivity index (χ0) is 21.9. The first-order valence-electron chi connectivity index (χ1n) is 8.02. The van der Waals surface area contributed by atoms with E-state index in [0.717, 1.165) is 11.3 Å². The van der Waals surface area contributed by atoms with E-state index in [1.165, 1.54) is 30.2 Å². The molecule has 0 atom stereocenters. The molecule has 29 heavy (non-hydrogen) atoms. The maximum absolute atomic E-state index is 12.4. The Kier molecular flexibility index (Phi) is 7.11. The molecule has 0 radical (unpaired) electrons. The molecule has 0 saturated carbocycles. The number of carbonyl (C=O) groups excluding carboxylic acids is 2. The Labute approximate surface area is 180 Å². The fourth-order valence-electron chi connectivity index (χ4n) is 2.34. The third-order valence-electron chi connectivity index (χ3n) is 3.77. The maximum atomic E-state index is 12.4. The fraction of sp³-hybridized carbons (Fsp3) is 0.235. The second-order valence-corrected chi connectivity index (χ2v) is 7.79. The van der Waals surface area contributed by atoms with E-state index in [9.17, 15) is 19.7 Å². The number of anilines is 2. The summed E-state index contributed by atoms with van der Waals surface area (Å²) in [5, 5.41) is 17.1. The summed E-state index contributed by atoms with van der Waals surface area (Å²) in [7, 11) is 4.43. The van der Waals surface area contributed by atoms with Gasteiger partial charge in [-0.25, -0.2) is 4.79 Å². The summed E-state index contributed by atoms with van der Waals surface area (Å²) in [5.74, 6) is -0.901. The molecule has 154 valence electrons. The van der Waals surface area contributed by atoms with Gasteiger partial charge in [0.15, 0.2) is 5.11 Å². The predicted octanol–water partition coefficient (Wildman–Crippen LogP) is 3.92. The number of thiocarbonyl (C=S) groups is 1. The topological polar surface area (TPSA) is 114 Å². The van der Waals surface area contributed by atoms with Gasteiger partial charge in [-0.2, -0.15) is 0 Å². The van der Waals surface area contributed by atoms with Crippen molar-refractivity contribution in [3.8, 4) is 0 Å². The smallest absolute Gasteiger partial charge is 0.341 e. The lowest BCUT2D eigenvalue weighted by atomic mass is 10.1. The molecule has 0 aliphatic rings. The highest BCUT2D eigenvalue weighted by Crippen LogP contribution is 2.35. The first-order valence-corrected chi connectivity index (χ1v) is 9.62. The molecule has 0 spiro atoms. The van der Waals surface area contributed by atoms with Gasteiger partial charge in [-0.15, -0.1) is 11.3 Å². The van der Waals surface area contributed by atoms with Crippen molar-refractivity contribution in [2.75, 3.05) is 31.8 Å². The van der Waals surface area contributed by atoms with Gasteiger partial charge in [-0.05, 0) is 30.8 Å². The number of benzene rings is 1. The van der Waals surface area contributed by atoms with E-state index >= 15 is 0 Å². The average molecular weight is 457 g/mol. The fourth-order valence-corrected chi connectivity index (χ4v) is 4.00. The van der Waals surface area contributed by atoms with Crippen LogP contribution in [-0.4, -0.2) is 48.0 Å². The Morgan fingerprint density at radius 3 is 2.52 bits per heavy atom. The lowest BCUT2D eigenvalue weighted by Crippen LogP contribution is -2.21. The molecule has 1 aromatic carbocycles. The second kappa shape index (κ2) is 9.16. The van der Waals surface area contributed by atoms with Gasteiger partial charge in [0.2, 0.25) is 0 Å². The van der Waals surface area contributed by atoms with Gasteiger partial charge in [0.05, 0.1) is 33.2 Å². The van der Waals surface area contributed by atoms with Gasteiger partial charge in [-0.1, -0.05) is 11.6 Å². The molecule has 2 rings (SSSR count). The minimum Gasteiger partial charge on any atom is -0.465 e. The quantitative estimate of drug-likeness (QED) is 0.301. The minimum absolute atomic E-state index is 0.0302. The number of hydrogen-bond acceptors (Lipinski definition) is 7. The SMILES string of the molecule is COC(=O)c1c(NC(=S)Nc2cc([N+](=O)[O-])ccc2Cl)sc(C(=O)N(C)C)c1C. The first kappa shape index (κ1) is 22.5. The van der Waals surface area contributed by atoms with E-state index in [0.29, 0.717) is 15.4 Å². The lowest BCUT2D eigenvalue weighted by Gasteiger charge is -2.11. The van der Waals surface area contributed by atoms with Crippen LogP contribution in [0.5, 0.6) is 0 Å². The van der Waals surface area contributed by atoms with Gasteiger partial charge < -0.3 is 20.3 Å². The summed E-state index contributed by atoms with van der Waals surface area (Å²) < 4.78 is 4.82. The highest BCUT2D eigenvalue weighted by atomic mass is 35.5. The number of methoxy groups -OCH3 is 1. The zero-order valence-electron chi connectivity index (χ0n) is 15.9. The maximum Gasteiger partial charge on any atom is 0.341 e. The molecule has 0 unspecified atom stereocenters. The van der Waals surface area contributed by atoms with Crippen molar-refractivity contribution in [2.45, 2.75) is 6.92 Å². The van der Waals surface area contributed by atoms with Crippen LogP contribution in [0, 0.1) is 17.0 Å². The third-order valence-corrected chi connectivity index (χ3v) is 5.50. The van der Waals surface area contributed by atoms with Crippen molar-refractivity contribution >= 4 is 68.5 Å². The molecule has 0 aliphatic carbocycles. The van der Waals surface area contributed by atoms with E-state index in [4.69, 9.17) is 28.6 Å². The second-order valence-electron chi connectivity index (χ2n) is 5.95. The van der Waals surface area contributed by atoms with Crippen molar-refractivity contribution in [3.63, 3.8) is 0 Å². The largest absolute Gasteiger partial charge is 0.465 e. The van der Waals surface area contributed by atoms with E-state index in [-0.39, 0.29) is 33.0 Å². The summed E-state index contributed by atoms with van der Waals surface area (Å²) in [6, 6.07) is 3.87. The Bertz CT molecular complexity index is 1010. The molecule has 2 N–H and O–H groups in total. The number of amides is 1. The molecule has 12 heteroatoms. The number of esters is 1. The molecule has 1 heterocycles. The molecule has 1 amide bonds. The highest BCUT2D eigenvalue weighted by molar-refractivity contribution is 7.80. The lowest BCUT2D eigenvalue weighted by molar-refractivity contribution is -0.384. The standard InChI is InChI=1S/C17H17ClN4O5S2/c1-8-12(16(24)27-4)14(29-13(8)15(23)21(2)3)20-17(28)19-11-7-9(22(25)26)5-6-10(11)18/h5-7H,1-4H3,(H2,19,20,28). The Morgan fingerprint density at radius 2 is 1.97 bits per heavy atom. The summed E-state index contributed by atoms with van der Waals surface area (Å²) in [6.07, 6.45) is 0. The van der Waals surface area contributed by atoms with Crippen molar-refractivity contribution in [3.05, 3.63) is 49.3 Å². The van der Waals surface area contributed by atoms with Crippen molar-refractivity contribution < 1.29 is 19.2 Å². The van der Waals surface area contributed by atoms with E-state index < -0.39 is 10.9 Å². The van der Waals surface area contributed by atoms with E-state index in [1.807, 2.05) is 0 Å². The number of carbonyl (C=O) groups is 2. The zero-order valence-corrected chi connectivity index (χ0v) is 18.3. The van der Waals surface area contributed by atoms with Crippen LogP contribution in [0.2, 0.25) is 5.02 Å².